The minimum atomic E-state index is -6.57. The number of phenols is 2. The number of halogens is 12. The molecule has 0 saturated heterocycles. The number of hydrogen-bond acceptors (Lipinski definition) is 2. The molecule has 3 aromatic carbocycles. The van der Waals surface area contributed by atoms with Crippen LogP contribution in [0.1, 0.15) is 22.3 Å². The van der Waals surface area contributed by atoms with Gasteiger partial charge in [-0.05, 0) is 54.6 Å². The zero-order valence-corrected chi connectivity index (χ0v) is 18.4. The lowest BCUT2D eigenvalue weighted by Gasteiger charge is -2.38. The second kappa shape index (κ2) is 9.02. The van der Waals surface area contributed by atoms with Crippen LogP contribution in [0.25, 0.3) is 0 Å². The van der Waals surface area contributed by atoms with Crippen molar-refractivity contribution in [2.45, 2.75) is 35.5 Å². The smallest absolute Gasteiger partial charge is 0.433 e. The van der Waals surface area contributed by atoms with Crippen LogP contribution in [0.15, 0.2) is 72.8 Å². The highest BCUT2D eigenvalue weighted by Gasteiger charge is 2.75. The summed E-state index contributed by atoms with van der Waals surface area (Å²) in [4.78, 5) is 0. The molecule has 2 nitrogen and oxygen atoms in total. The molecule has 0 fully saturated rings. The fraction of sp³-hybridized carbons (Fsp3) is 0.250. The van der Waals surface area contributed by atoms with Gasteiger partial charge >= 0.3 is 24.2 Å². The van der Waals surface area contributed by atoms with E-state index in [9.17, 15) is 36.6 Å². The van der Waals surface area contributed by atoms with E-state index in [-0.39, 0.29) is 42.5 Å². The van der Waals surface area contributed by atoms with E-state index >= 15 is 26.3 Å². The highest BCUT2D eigenvalue weighted by Crippen LogP contribution is 2.60. The van der Waals surface area contributed by atoms with Gasteiger partial charge in [0.25, 0.3) is 11.3 Å². The van der Waals surface area contributed by atoms with Crippen molar-refractivity contribution in [1.82, 2.24) is 0 Å². The molecular formula is C24H14F12O2. The molecule has 0 amide bonds. The molecule has 0 aromatic heterocycles. The topological polar surface area (TPSA) is 40.5 Å². The average Bonchev–Trinajstić information content (AvgIpc) is 2.82. The Morgan fingerprint density at radius 2 is 0.684 bits per heavy atom. The number of aromatic hydroxyl groups is 2. The zero-order chi connectivity index (χ0) is 28.9. The van der Waals surface area contributed by atoms with E-state index in [0.29, 0.717) is 24.3 Å². The summed E-state index contributed by atoms with van der Waals surface area (Å²) in [6, 6.07) is 2.00. The van der Waals surface area contributed by atoms with Crippen molar-refractivity contribution in [2.75, 3.05) is 0 Å². The minimum Gasteiger partial charge on any atom is -0.508 e. The lowest BCUT2D eigenvalue weighted by Crippen LogP contribution is -2.52. The lowest BCUT2D eigenvalue weighted by atomic mass is 9.79. The largest absolute Gasteiger partial charge is 0.508 e. The van der Waals surface area contributed by atoms with E-state index in [4.69, 9.17) is 0 Å². The summed E-state index contributed by atoms with van der Waals surface area (Å²) >= 11 is 0. The molecule has 0 aliphatic heterocycles. The summed E-state index contributed by atoms with van der Waals surface area (Å²) in [6.07, 6.45) is -13.1. The molecule has 0 aliphatic carbocycles. The molecule has 38 heavy (non-hydrogen) atoms. The molecule has 0 saturated carbocycles. The Kier molecular flexibility index (Phi) is 6.88. The Labute approximate surface area is 205 Å². The molecular weight excluding hydrogens is 548 g/mol. The molecule has 2 N–H and O–H groups in total. The third-order valence-corrected chi connectivity index (χ3v) is 5.76. The molecule has 0 radical (unpaired) electrons. The summed E-state index contributed by atoms with van der Waals surface area (Å²) in [6.45, 7) is 0. The summed E-state index contributed by atoms with van der Waals surface area (Å²) < 4.78 is 174. The second-order valence-corrected chi connectivity index (χ2v) is 8.14. The van der Waals surface area contributed by atoms with Gasteiger partial charge in [0.1, 0.15) is 11.5 Å². The van der Waals surface area contributed by atoms with E-state index in [0.717, 1.165) is 0 Å². The van der Waals surface area contributed by atoms with Crippen LogP contribution in [-0.4, -0.2) is 22.6 Å². The molecule has 206 valence electrons. The molecule has 3 rings (SSSR count). The number of phenolic OH excluding ortho intramolecular Hbond substituents is 2. The second-order valence-electron chi connectivity index (χ2n) is 8.14. The molecule has 0 heterocycles. The number of benzene rings is 3. The van der Waals surface area contributed by atoms with Gasteiger partial charge in [-0.25, -0.2) is 8.78 Å². The van der Waals surface area contributed by atoms with Crippen LogP contribution >= 0.6 is 0 Å². The van der Waals surface area contributed by atoms with E-state index in [1.165, 1.54) is 0 Å². The molecule has 0 bridgehead atoms. The maximum atomic E-state index is 15.6. The summed E-state index contributed by atoms with van der Waals surface area (Å²) in [5.74, 6) is -12.6. The lowest BCUT2D eigenvalue weighted by molar-refractivity contribution is -0.316. The first-order valence-corrected chi connectivity index (χ1v) is 10.2. The summed E-state index contributed by atoms with van der Waals surface area (Å²) in [5, 5.41) is 18.4. The maximum Gasteiger partial charge on any atom is 0.433 e. The number of hydrogen-bond donors (Lipinski definition) is 2. The monoisotopic (exact) mass is 562 g/mol. The Morgan fingerprint density at radius 1 is 0.395 bits per heavy atom. The van der Waals surface area contributed by atoms with Crippen LogP contribution in [0, 0.1) is 0 Å². The average molecular weight is 562 g/mol. The van der Waals surface area contributed by atoms with E-state index in [1.807, 2.05) is 0 Å². The predicted molar refractivity (Wildman–Crippen MR) is 108 cm³/mol. The Bertz CT molecular complexity index is 1190. The molecule has 0 aliphatic rings. The standard InChI is InChI=1S/C24H14F12O2/c25-19(23(31,32)33,21(27,28)13-4-8-17(37)9-5-13)15-2-1-3-16(12-15)20(26,24(34,35)36)22(29,30)14-6-10-18(38)11-7-14/h1-12,37-38H. The van der Waals surface area contributed by atoms with Crippen molar-refractivity contribution < 1.29 is 62.9 Å². The van der Waals surface area contributed by atoms with Gasteiger partial charge in [0, 0.05) is 22.3 Å². The van der Waals surface area contributed by atoms with Gasteiger partial charge in [0.2, 0.25) is 0 Å². The molecule has 14 heteroatoms. The van der Waals surface area contributed by atoms with Crippen LogP contribution in [0.4, 0.5) is 52.7 Å². The van der Waals surface area contributed by atoms with Gasteiger partial charge in [-0.15, -0.1) is 0 Å². The van der Waals surface area contributed by atoms with E-state index in [2.05, 4.69) is 0 Å². The van der Waals surface area contributed by atoms with Gasteiger partial charge in [-0.3, -0.25) is 0 Å². The zero-order valence-electron chi connectivity index (χ0n) is 18.4. The van der Waals surface area contributed by atoms with Crippen LogP contribution < -0.4 is 0 Å². The number of rotatable bonds is 6. The SMILES string of the molecule is Oc1ccc(C(F)(F)C(F)(c2cccc(C(F)(C(F)(F)F)C(F)(F)c3ccc(O)cc3)c2)C(F)(F)F)cc1. The molecule has 2 unspecified atom stereocenters. The normalized spacial score (nSPS) is 16.5. The van der Waals surface area contributed by atoms with Gasteiger partial charge < -0.3 is 10.2 Å². The van der Waals surface area contributed by atoms with Gasteiger partial charge in [0.15, 0.2) is 0 Å². The van der Waals surface area contributed by atoms with Crippen LogP contribution in [0.3, 0.4) is 0 Å². The Morgan fingerprint density at radius 3 is 0.947 bits per heavy atom. The number of alkyl halides is 12. The third-order valence-electron chi connectivity index (χ3n) is 5.76. The van der Waals surface area contributed by atoms with Crippen molar-refractivity contribution in [2.24, 2.45) is 0 Å². The van der Waals surface area contributed by atoms with Crippen LogP contribution in [-0.2, 0) is 23.2 Å². The fourth-order valence-electron chi connectivity index (χ4n) is 3.73. The molecule has 3 aromatic rings. The summed E-state index contributed by atoms with van der Waals surface area (Å²) in [7, 11) is 0. The van der Waals surface area contributed by atoms with Gasteiger partial charge in [0.05, 0.1) is 0 Å². The van der Waals surface area contributed by atoms with Gasteiger partial charge in [-0.1, -0.05) is 18.2 Å². The third kappa shape index (κ3) is 4.29. The van der Waals surface area contributed by atoms with Crippen LogP contribution in [0.5, 0.6) is 11.5 Å². The maximum absolute atomic E-state index is 15.6. The summed E-state index contributed by atoms with van der Waals surface area (Å²) in [5.41, 5.74) is -19.6. The van der Waals surface area contributed by atoms with Crippen molar-refractivity contribution >= 4 is 0 Å². The fourth-order valence-corrected chi connectivity index (χ4v) is 3.73. The molecule has 0 spiro atoms. The first-order chi connectivity index (χ1) is 17.2. The van der Waals surface area contributed by atoms with Crippen molar-refractivity contribution in [3.63, 3.8) is 0 Å². The predicted octanol–water partition coefficient (Wildman–Crippen LogP) is 8.14. The first kappa shape index (κ1) is 29.0. The van der Waals surface area contributed by atoms with Crippen molar-refractivity contribution in [3.8, 4) is 11.5 Å². The highest BCUT2D eigenvalue weighted by molar-refractivity contribution is 5.42. The minimum absolute atomic E-state index is 0.0548. The van der Waals surface area contributed by atoms with Crippen molar-refractivity contribution in [1.29, 1.82) is 0 Å². The van der Waals surface area contributed by atoms with E-state index in [1.54, 1.807) is 0 Å². The Hall–Kier alpha value is -3.58. The first-order valence-electron chi connectivity index (χ1n) is 10.2. The van der Waals surface area contributed by atoms with Gasteiger partial charge in [-0.2, -0.15) is 43.9 Å². The quantitative estimate of drug-likeness (QED) is 0.298. The van der Waals surface area contributed by atoms with Crippen molar-refractivity contribution in [3.05, 3.63) is 95.1 Å². The Balaban J connectivity index is 2.30. The van der Waals surface area contributed by atoms with E-state index < -0.39 is 75.4 Å². The molecule has 2 atom stereocenters. The highest BCUT2D eigenvalue weighted by atomic mass is 19.4. The van der Waals surface area contributed by atoms with Crippen LogP contribution in [0.2, 0.25) is 0 Å².